The van der Waals surface area contributed by atoms with Crippen molar-refractivity contribution in [2.45, 2.75) is 26.7 Å². The average molecular weight is 276 g/mol. The molecular weight excluding hydrogens is 260 g/mol. The van der Waals surface area contributed by atoms with Gasteiger partial charge in [-0.15, -0.1) is 5.10 Å². The molecule has 5 nitrogen and oxygen atoms in total. The van der Waals surface area contributed by atoms with Gasteiger partial charge in [0.2, 0.25) is 0 Å². The van der Waals surface area contributed by atoms with Gasteiger partial charge in [-0.3, -0.25) is 4.79 Å². The number of nitrogens with two attached hydrogens (primary N) is 1. The van der Waals surface area contributed by atoms with Crippen LogP contribution >= 0.6 is 11.5 Å². The first-order valence-electron chi connectivity index (χ1n) is 6.16. The Morgan fingerprint density at radius 3 is 2.79 bits per heavy atom. The number of benzene rings is 1. The van der Waals surface area contributed by atoms with Gasteiger partial charge in [-0.2, -0.15) is 0 Å². The van der Waals surface area contributed by atoms with Crippen LogP contribution in [0.2, 0.25) is 0 Å². The molecule has 0 saturated carbocycles. The molecule has 19 heavy (non-hydrogen) atoms. The zero-order chi connectivity index (χ0) is 13.8. The number of aryl methyl sites for hydroxylation is 2. The van der Waals surface area contributed by atoms with Gasteiger partial charge in [-0.1, -0.05) is 24.4 Å². The van der Waals surface area contributed by atoms with E-state index in [9.17, 15) is 4.79 Å². The first-order valence-corrected chi connectivity index (χ1v) is 6.94. The fraction of sp³-hybridized carbons (Fsp3) is 0.308. The number of carbonyl (C=O) groups is 1. The van der Waals surface area contributed by atoms with Crippen LogP contribution < -0.4 is 11.1 Å². The van der Waals surface area contributed by atoms with Crippen LogP contribution in [0.4, 0.5) is 11.4 Å². The molecule has 1 aromatic carbocycles. The summed E-state index contributed by atoms with van der Waals surface area (Å²) >= 11 is 1.11. The number of anilines is 2. The molecule has 0 aliphatic heterocycles. The zero-order valence-corrected chi connectivity index (χ0v) is 11.8. The number of nitrogens with one attached hydrogen (secondary N) is 1. The third-order valence-corrected chi connectivity index (χ3v) is 3.65. The van der Waals surface area contributed by atoms with Gasteiger partial charge in [0.25, 0.3) is 5.91 Å². The zero-order valence-electron chi connectivity index (χ0n) is 10.9. The first kappa shape index (κ1) is 13.5. The fourth-order valence-corrected chi connectivity index (χ4v) is 2.44. The van der Waals surface area contributed by atoms with Gasteiger partial charge in [-0.05, 0) is 42.1 Å². The number of hydrogen-bond acceptors (Lipinski definition) is 5. The lowest BCUT2D eigenvalue weighted by Crippen LogP contribution is -2.12. The largest absolute Gasteiger partial charge is 0.398 e. The van der Waals surface area contributed by atoms with E-state index in [4.69, 9.17) is 5.73 Å². The molecule has 1 amide bonds. The summed E-state index contributed by atoms with van der Waals surface area (Å²) in [5.41, 5.74) is 9.09. The summed E-state index contributed by atoms with van der Waals surface area (Å²) < 4.78 is 3.81. The van der Waals surface area contributed by atoms with E-state index in [0.29, 0.717) is 22.7 Å². The van der Waals surface area contributed by atoms with Crippen LogP contribution in [0.15, 0.2) is 18.2 Å². The van der Waals surface area contributed by atoms with Crippen LogP contribution in [-0.4, -0.2) is 15.5 Å². The van der Waals surface area contributed by atoms with E-state index in [2.05, 4.69) is 14.9 Å². The van der Waals surface area contributed by atoms with Crippen molar-refractivity contribution in [3.05, 3.63) is 34.3 Å². The number of aromatic nitrogens is 2. The Bertz CT molecular complexity index is 594. The Balaban J connectivity index is 2.17. The van der Waals surface area contributed by atoms with E-state index in [1.165, 1.54) is 0 Å². The van der Waals surface area contributed by atoms with Gasteiger partial charge in [0.05, 0.1) is 5.69 Å². The molecule has 0 unspecified atom stereocenters. The lowest BCUT2D eigenvalue weighted by molar-refractivity contribution is 0.102. The molecule has 0 aliphatic carbocycles. The van der Waals surface area contributed by atoms with Crippen molar-refractivity contribution in [3.63, 3.8) is 0 Å². The predicted octanol–water partition coefficient (Wildman–Crippen LogP) is 2.50. The van der Waals surface area contributed by atoms with Crippen molar-refractivity contribution in [1.29, 1.82) is 0 Å². The highest BCUT2D eigenvalue weighted by molar-refractivity contribution is 7.08. The van der Waals surface area contributed by atoms with E-state index < -0.39 is 0 Å². The molecule has 1 heterocycles. The van der Waals surface area contributed by atoms with Crippen molar-refractivity contribution in [3.8, 4) is 0 Å². The quantitative estimate of drug-likeness (QED) is 0.841. The second-order valence-electron chi connectivity index (χ2n) is 4.12. The summed E-state index contributed by atoms with van der Waals surface area (Å²) in [7, 11) is 0. The first-order chi connectivity index (χ1) is 9.15. The van der Waals surface area contributed by atoms with Crippen LogP contribution in [0, 0.1) is 0 Å². The van der Waals surface area contributed by atoms with Gasteiger partial charge >= 0.3 is 0 Å². The molecule has 0 fully saturated rings. The lowest BCUT2D eigenvalue weighted by atomic mass is 10.1. The normalized spacial score (nSPS) is 10.4. The molecule has 0 saturated heterocycles. The third-order valence-electron chi connectivity index (χ3n) is 2.88. The molecule has 100 valence electrons. The molecular formula is C13H16N4OS. The van der Waals surface area contributed by atoms with E-state index in [0.717, 1.165) is 29.2 Å². The highest BCUT2D eigenvalue weighted by Crippen LogP contribution is 2.20. The standard InChI is InChI=1S/C13H16N4OS/c1-3-8-5-6-9(7-10(8)14)15-13(18)12-11(4-2)16-17-19-12/h5-7H,3-4,14H2,1-2H3,(H,15,18). The number of carbonyl (C=O) groups excluding carboxylic acids is 1. The number of nitrogen functional groups attached to an aromatic ring is 1. The minimum Gasteiger partial charge on any atom is -0.398 e. The van der Waals surface area contributed by atoms with Crippen molar-refractivity contribution in [2.24, 2.45) is 0 Å². The van der Waals surface area contributed by atoms with E-state index in [1.807, 2.05) is 26.0 Å². The van der Waals surface area contributed by atoms with Crippen molar-refractivity contribution in [2.75, 3.05) is 11.1 Å². The van der Waals surface area contributed by atoms with Crippen LogP contribution in [0.3, 0.4) is 0 Å². The Morgan fingerprint density at radius 2 is 2.16 bits per heavy atom. The molecule has 1 aromatic heterocycles. The molecule has 3 N–H and O–H groups in total. The Labute approximate surface area is 116 Å². The van der Waals surface area contributed by atoms with Crippen LogP contribution in [0.1, 0.15) is 34.8 Å². The Kier molecular flexibility index (Phi) is 4.11. The predicted molar refractivity (Wildman–Crippen MR) is 77.5 cm³/mol. The van der Waals surface area contributed by atoms with Crippen molar-refractivity contribution >= 4 is 28.8 Å². The summed E-state index contributed by atoms with van der Waals surface area (Å²) in [5.74, 6) is -0.185. The van der Waals surface area contributed by atoms with Gasteiger partial charge in [0.15, 0.2) is 0 Å². The molecule has 0 spiro atoms. The van der Waals surface area contributed by atoms with E-state index >= 15 is 0 Å². The van der Waals surface area contributed by atoms with Crippen molar-refractivity contribution < 1.29 is 4.79 Å². The van der Waals surface area contributed by atoms with Crippen molar-refractivity contribution in [1.82, 2.24) is 9.59 Å². The highest BCUT2D eigenvalue weighted by atomic mass is 32.1. The molecule has 2 rings (SSSR count). The van der Waals surface area contributed by atoms with E-state index in [1.54, 1.807) is 6.07 Å². The maximum absolute atomic E-state index is 12.1. The van der Waals surface area contributed by atoms with Crippen LogP contribution in [0.5, 0.6) is 0 Å². The van der Waals surface area contributed by atoms with Gasteiger partial charge < -0.3 is 11.1 Å². The Hall–Kier alpha value is -1.95. The van der Waals surface area contributed by atoms with Gasteiger partial charge in [0.1, 0.15) is 4.88 Å². The maximum Gasteiger partial charge on any atom is 0.269 e. The fourth-order valence-electron chi connectivity index (χ4n) is 1.79. The molecule has 0 radical (unpaired) electrons. The van der Waals surface area contributed by atoms with Crippen LogP contribution in [0.25, 0.3) is 0 Å². The summed E-state index contributed by atoms with van der Waals surface area (Å²) in [4.78, 5) is 12.7. The number of hydrogen-bond donors (Lipinski definition) is 2. The smallest absolute Gasteiger partial charge is 0.269 e. The number of amides is 1. The summed E-state index contributed by atoms with van der Waals surface area (Å²) in [6.45, 7) is 3.99. The van der Waals surface area contributed by atoms with Gasteiger partial charge in [0, 0.05) is 11.4 Å². The molecule has 0 bridgehead atoms. The summed E-state index contributed by atoms with van der Waals surface area (Å²) in [6, 6.07) is 5.56. The molecule has 2 aromatic rings. The molecule has 0 aliphatic rings. The minimum atomic E-state index is -0.185. The lowest BCUT2D eigenvalue weighted by Gasteiger charge is -2.08. The Morgan fingerprint density at radius 1 is 1.37 bits per heavy atom. The monoisotopic (exact) mass is 276 g/mol. The second-order valence-corrected chi connectivity index (χ2v) is 4.88. The van der Waals surface area contributed by atoms with Crippen LogP contribution in [-0.2, 0) is 12.8 Å². The third kappa shape index (κ3) is 2.90. The summed E-state index contributed by atoms with van der Waals surface area (Å²) in [5, 5.41) is 6.75. The molecule has 6 heteroatoms. The average Bonchev–Trinajstić information content (AvgIpc) is 2.87. The van der Waals surface area contributed by atoms with Gasteiger partial charge in [-0.25, -0.2) is 0 Å². The minimum absolute atomic E-state index is 0.185. The highest BCUT2D eigenvalue weighted by Gasteiger charge is 2.15. The topological polar surface area (TPSA) is 80.9 Å². The second kappa shape index (κ2) is 5.79. The number of rotatable bonds is 4. The summed E-state index contributed by atoms with van der Waals surface area (Å²) in [6.07, 6.45) is 1.56. The molecule has 0 atom stereocenters. The van der Waals surface area contributed by atoms with E-state index in [-0.39, 0.29) is 5.91 Å². The maximum atomic E-state index is 12.1. The SMILES string of the molecule is CCc1ccc(NC(=O)c2snnc2CC)cc1N. The number of nitrogens with zero attached hydrogens (tertiary/aromatic N) is 2.